The fourth-order valence-electron chi connectivity index (χ4n) is 1.54. The van der Waals surface area contributed by atoms with Crippen LogP contribution in [0.3, 0.4) is 0 Å². The first-order chi connectivity index (χ1) is 7.56. The quantitative estimate of drug-likeness (QED) is 0.659. The molecule has 16 heavy (non-hydrogen) atoms. The van der Waals surface area contributed by atoms with E-state index in [-0.39, 0.29) is 12.2 Å². The standard InChI is InChI=1S/C9H18N2O4S/c1-15-9(12)3-8-16(13,14)11-6-2-4-10-5-7-11/h10H,2-8H2,1H3. The normalized spacial score (nSPS) is 19.1. The van der Waals surface area contributed by atoms with E-state index in [9.17, 15) is 13.2 Å². The Morgan fingerprint density at radius 1 is 1.38 bits per heavy atom. The molecule has 0 aromatic rings. The van der Waals surface area contributed by atoms with Crippen LogP contribution in [0.5, 0.6) is 0 Å². The molecule has 0 atom stereocenters. The topological polar surface area (TPSA) is 75.7 Å². The summed E-state index contributed by atoms with van der Waals surface area (Å²) in [6, 6.07) is 0. The number of methoxy groups -OCH3 is 1. The maximum atomic E-state index is 11.8. The van der Waals surface area contributed by atoms with Crippen molar-refractivity contribution >= 4 is 16.0 Å². The van der Waals surface area contributed by atoms with Crippen molar-refractivity contribution in [1.82, 2.24) is 9.62 Å². The first kappa shape index (κ1) is 13.4. The first-order valence-electron chi connectivity index (χ1n) is 5.31. The first-order valence-corrected chi connectivity index (χ1v) is 6.92. The van der Waals surface area contributed by atoms with Crippen molar-refractivity contribution in [3.05, 3.63) is 0 Å². The molecule has 0 aromatic heterocycles. The zero-order chi connectivity index (χ0) is 12.0. The summed E-state index contributed by atoms with van der Waals surface area (Å²) in [5.41, 5.74) is 0. The fraction of sp³-hybridized carbons (Fsp3) is 0.889. The van der Waals surface area contributed by atoms with Crippen LogP contribution in [0.15, 0.2) is 0 Å². The minimum atomic E-state index is -3.32. The SMILES string of the molecule is COC(=O)CCS(=O)(=O)N1CCCNCC1. The zero-order valence-corrected chi connectivity index (χ0v) is 10.3. The minimum absolute atomic E-state index is 0.0806. The van der Waals surface area contributed by atoms with Crippen LogP contribution in [0.4, 0.5) is 0 Å². The van der Waals surface area contributed by atoms with Crippen molar-refractivity contribution in [2.75, 3.05) is 39.0 Å². The lowest BCUT2D eigenvalue weighted by Crippen LogP contribution is -2.36. The molecule has 0 saturated carbocycles. The van der Waals surface area contributed by atoms with E-state index in [1.165, 1.54) is 11.4 Å². The number of esters is 1. The second-order valence-electron chi connectivity index (χ2n) is 3.64. The van der Waals surface area contributed by atoms with Crippen LogP contribution >= 0.6 is 0 Å². The molecule has 94 valence electrons. The largest absolute Gasteiger partial charge is 0.469 e. The van der Waals surface area contributed by atoms with E-state index in [0.29, 0.717) is 19.6 Å². The minimum Gasteiger partial charge on any atom is -0.469 e. The number of hydrogen-bond acceptors (Lipinski definition) is 5. The molecule has 1 saturated heterocycles. The van der Waals surface area contributed by atoms with E-state index in [4.69, 9.17) is 0 Å². The Bertz CT molecular complexity index is 320. The number of nitrogens with one attached hydrogen (secondary N) is 1. The monoisotopic (exact) mass is 250 g/mol. The molecule has 6 nitrogen and oxygen atoms in total. The van der Waals surface area contributed by atoms with Crippen LogP contribution in [0.25, 0.3) is 0 Å². The van der Waals surface area contributed by atoms with Crippen LogP contribution in [-0.2, 0) is 19.6 Å². The number of ether oxygens (including phenoxy) is 1. The average Bonchev–Trinajstić information content (AvgIpc) is 2.54. The highest BCUT2D eigenvalue weighted by Crippen LogP contribution is 2.06. The van der Waals surface area contributed by atoms with Crippen LogP contribution < -0.4 is 5.32 Å². The van der Waals surface area contributed by atoms with Crippen LogP contribution in [0.1, 0.15) is 12.8 Å². The zero-order valence-electron chi connectivity index (χ0n) is 9.44. The van der Waals surface area contributed by atoms with E-state index in [2.05, 4.69) is 10.1 Å². The van der Waals surface area contributed by atoms with Gasteiger partial charge in [-0.25, -0.2) is 12.7 Å². The summed E-state index contributed by atoms with van der Waals surface area (Å²) in [4.78, 5) is 10.9. The summed E-state index contributed by atoms with van der Waals surface area (Å²) in [5.74, 6) is -0.656. The number of nitrogens with zero attached hydrogens (tertiary/aromatic N) is 1. The summed E-state index contributed by atoms with van der Waals surface area (Å²) in [6.45, 7) is 2.50. The molecule has 1 N–H and O–H groups in total. The van der Waals surface area contributed by atoms with Crippen LogP contribution in [-0.4, -0.2) is 57.7 Å². The highest BCUT2D eigenvalue weighted by molar-refractivity contribution is 7.89. The van der Waals surface area contributed by atoms with E-state index >= 15 is 0 Å². The second kappa shape index (κ2) is 6.17. The van der Waals surface area contributed by atoms with Gasteiger partial charge in [0.1, 0.15) is 0 Å². The number of carbonyl (C=O) groups is 1. The molecule has 0 amide bonds. The third-order valence-corrected chi connectivity index (χ3v) is 4.36. The van der Waals surface area contributed by atoms with Gasteiger partial charge in [-0.3, -0.25) is 4.79 Å². The molecular formula is C9H18N2O4S. The van der Waals surface area contributed by atoms with Crippen LogP contribution in [0, 0.1) is 0 Å². The Hall–Kier alpha value is -0.660. The second-order valence-corrected chi connectivity index (χ2v) is 5.73. The van der Waals surface area contributed by atoms with Gasteiger partial charge in [-0.05, 0) is 13.0 Å². The molecule has 0 bridgehead atoms. The third-order valence-electron chi connectivity index (χ3n) is 2.48. The molecule has 1 fully saturated rings. The molecule has 7 heteroatoms. The van der Waals surface area contributed by atoms with Gasteiger partial charge in [-0.1, -0.05) is 0 Å². The van der Waals surface area contributed by atoms with Gasteiger partial charge in [0.25, 0.3) is 0 Å². The van der Waals surface area contributed by atoms with Gasteiger partial charge < -0.3 is 10.1 Å². The molecule has 0 aromatic carbocycles. The highest BCUT2D eigenvalue weighted by Gasteiger charge is 2.23. The van der Waals surface area contributed by atoms with Crippen molar-refractivity contribution < 1.29 is 17.9 Å². The van der Waals surface area contributed by atoms with Crippen molar-refractivity contribution in [3.8, 4) is 0 Å². The molecule has 1 aliphatic heterocycles. The predicted molar refractivity (Wildman–Crippen MR) is 59.5 cm³/mol. The lowest BCUT2D eigenvalue weighted by molar-refractivity contribution is -0.140. The maximum Gasteiger partial charge on any atom is 0.306 e. The molecule has 0 aliphatic carbocycles. The van der Waals surface area contributed by atoms with Gasteiger partial charge in [0.05, 0.1) is 19.3 Å². The van der Waals surface area contributed by atoms with E-state index < -0.39 is 16.0 Å². The Balaban J connectivity index is 2.51. The van der Waals surface area contributed by atoms with Crippen molar-refractivity contribution in [2.24, 2.45) is 0 Å². The summed E-state index contributed by atoms with van der Waals surface area (Å²) >= 11 is 0. The molecule has 1 heterocycles. The van der Waals surface area contributed by atoms with Gasteiger partial charge in [0, 0.05) is 19.6 Å². The van der Waals surface area contributed by atoms with E-state index in [1.54, 1.807) is 0 Å². The number of carbonyl (C=O) groups excluding carboxylic acids is 1. The van der Waals surface area contributed by atoms with Gasteiger partial charge >= 0.3 is 5.97 Å². The number of rotatable bonds is 4. The van der Waals surface area contributed by atoms with Gasteiger partial charge in [-0.2, -0.15) is 0 Å². The lowest BCUT2D eigenvalue weighted by Gasteiger charge is -2.18. The van der Waals surface area contributed by atoms with Crippen molar-refractivity contribution in [1.29, 1.82) is 0 Å². The molecule has 0 unspecified atom stereocenters. The Kier molecular flexibility index (Phi) is 5.17. The highest BCUT2D eigenvalue weighted by atomic mass is 32.2. The van der Waals surface area contributed by atoms with E-state index in [1.807, 2.05) is 0 Å². The van der Waals surface area contributed by atoms with E-state index in [0.717, 1.165) is 13.0 Å². The fourth-order valence-corrected chi connectivity index (χ4v) is 3.00. The predicted octanol–water partition coefficient (Wildman–Crippen LogP) is -0.825. The van der Waals surface area contributed by atoms with Crippen molar-refractivity contribution in [3.63, 3.8) is 0 Å². The van der Waals surface area contributed by atoms with Crippen molar-refractivity contribution in [2.45, 2.75) is 12.8 Å². The third kappa shape index (κ3) is 4.07. The molecule has 1 rings (SSSR count). The number of sulfonamides is 1. The smallest absolute Gasteiger partial charge is 0.306 e. The Labute approximate surface area is 96.0 Å². The molecule has 1 aliphatic rings. The molecular weight excluding hydrogens is 232 g/mol. The van der Waals surface area contributed by atoms with Gasteiger partial charge in [-0.15, -0.1) is 0 Å². The lowest BCUT2D eigenvalue weighted by atomic mass is 10.4. The molecule has 0 radical (unpaired) electrons. The van der Waals surface area contributed by atoms with Gasteiger partial charge in [0.15, 0.2) is 0 Å². The maximum absolute atomic E-state index is 11.8. The number of hydrogen-bond donors (Lipinski definition) is 1. The summed E-state index contributed by atoms with van der Waals surface area (Å²) in [5, 5.41) is 3.13. The Morgan fingerprint density at radius 2 is 2.12 bits per heavy atom. The van der Waals surface area contributed by atoms with Crippen LogP contribution in [0.2, 0.25) is 0 Å². The summed E-state index contributed by atoms with van der Waals surface area (Å²) < 4.78 is 29.6. The van der Waals surface area contributed by atoms with Gasteiger partial charge in [0.2, 0.25) is 10.0 Å². The average molecular weight is 250 g/mol. The Morgan fingerprint density at radius 3 is 2.81 bits per heavy atom. The summed E-state index contributed by atoms with van der Waals surface area (Å²) in [7, 11) is -2.06. The summed E-state index contributed by atoms with van der Waals surface area (Å²) in [6.07, 6.45) is 0.722. The molecule has 0 spiro atoms.